The van der Waals surface area contributed by atoms with E-state index in [1.54, 1.807) is 0 Å². The molecular weight excluding hydrogens is 282 g/mol. The van der Waals surface area contributed by atoms with Crippen LogP contribution in [0.3, 0.4) is 0 Å². The average molecular weight is 311 g/mol. The third-order valence-corrected chi connectivity index (χ3v) is 5.14. The molecule has 2 rings (SSSR count). The first-order valence-corrected chi connectivity index (χ1v) is 8.86. The van der Waals surface area contributed by atoms with Gasteiger partial charge < -0.3 is 0 Å². The molecule has 0 saturated heterocycles. The van der Waals surface area contributed by atoms with Crippen LogP contribution in [0.15, 0.2) is 47.6 Å². The van der Waals surface area contributed by atoms with Crippen LogP contribution in [0, 0.1) is 23.7 Å². The van der Waals surface area contributed by atoms with Crippen LogP contribution in [-0.4, -0.2) is 6.04 Å². The molecule has 23 heavy (non-hydrogen) atoms. The molecule has 1 saturated carbocycles. The number of hydrogen-bond donors (Lipinski definition) is 0. The minimum absolute atomic E-state index is 0.0903. The number of hydrogen-bond acceptors (Lipinski definition) is 1. The molecule has 0 amide bonds. The van der Waals surface area contributed by atoms with Crippen LogP contribution in [0.4, 0.5) is 0 Å². The molecule has 124 valence electrons. The highest BCUT2D eigenvalue weighted by molar-refractivity contribution is 5.18. The minimum atomic E-state index is -0.0903. The first kappa shape index (κ1) is 17.6. The van der Waals surface area contributed by atoms with Crippen molar-refractivity contribution in [1.29, 1.82) is 0 Å². The van der Waals surface area contributed by atoms with E-state index < -0.39 is 0 Å². The summed E-state index contributed by atoms with van der Waals surface area (Å²) in [5, 5.41) is 3.99. The van der Waals surface area contributed by atoms with Gasteiger partial charge in [-0.1, -0.05) is 74.8 Å². The van der Waals surface area contributed by atoms with Gasteiger partial charge in [0.1, 0.15) is 0 Å². The summed E-state index contributed by atoms with van der Waals surface area (Å²) >= 11 is 0. The monoisotopic (exact) mass is 311 g/mol. The quantitative estimate of drug-likeness (QED) is 0.261. The van der Waals surface area contributed by atoms with Crippen molar-refractivity contribution in [3.05, 3.63) is 58.5 Å². The van der Waals surface area contributed by atoms with Crippen molar-refractivity contribution in [2.45, 2.75) is 52.5 Å². The first-order valence-electron chi connectivity index (χ1n) is 8.86. The van der Waals surface area contributed by atoms with E-state index in [4.69, 9.17) is 5.53 Å². The second kappa shape index (κ2) is 8.79. The number of allylic oxidation sites excluding steroid dienone is 1. The fourth-order valence-electron chi connectivity index (χ4n) is 3.84. The molecule has 0 aliphatic heterocycles. The highest BCUT2D eigenvalue weighted by atomic mass is 15.1. The lowest BCUT2D eigenvalue weighted by atomic mass is 9.70. The zero-order valence-electron chi connectivity index (χ0n) is 14.6. The van der Waals surface area contributed by atoms with Gasteiger partial charge in [-0.3, -0.25) is 0 Å². The van der Waals surface area contributed by atoms with E-state index in [1.165, 1.54) is 24.8 Å². The van der Waals surface area contributed by atoms with Gasteiger partial charge in [0.25, 0.3) is 0 Å². The van der Waals surface area contributed by atoms with Gasteiger partial charge in [0.2, 0.25) is 0 Å². The van der Waals surface area contributed by atoms with Crippen LogP contribution in [0.25, 0.3) is 10.4 Å². The van der Waals surface area contributed by atoms with Crippen LogP contribution in [0.5, 0.6) is 0 Å². The molecule has 0 unspecified atom stereocenters. The van der Waals surface area contributed by atoms with E-state index in [-0.39, 0.29) is 6.04 Å². The van der Waals surface area contributed by atoms with E-state index >= 15 is 0 Å². The van der Waals surface area contributed by atoms with Gasteiger partial charge in [-0.05, 0) is 54.0 Å². The van der Waals surface area contributed by atoms with Crippen LogP contribution in [0.2, 0.25) is 0 Å². The molecule has 1 aromatic carbocycles. The lowest BCUT2D eigenvalue weighted by molar-refractivity contribution is 0.178. The van der Waals surface area contributed by atoms with E-state index in [2.05, 4.69) is 55.1 Å². The lowest BCUT2D eigenvalue weighted by Gasteiger charge is -2.36. The molecule has 0 bridgehead atoms. The smallest absolute Gasteiger partial charge is 0.0595 e. The van der Waals surface area contributed by atoms with Gasteiger partial charge >= 0.3 is 0 Å². The van der Waals surface area contributed by atoms with Crippen molar-refractivity contribution < 1.29 is 0 Å². The molecule has 4 atom stereocenters. The first-order chi connectivity index (χ1) is 11.1. The molecule has 3 nitrogen and oxygen atoms in total. The minimum Gasteiger partial charge on any atom is -0.0862 e. The fraction of sp³-hybridized carbons (Fsp3) is 0.600. The lowest BCUT2D eigenvalue weighted by Crippen LogP contribution is -2.26. The van der Waals surface area contributed by atoms with Gasteiger partial charge in [0, 0.05) is 4.91 Å². The summed E-state index contributed by atoms with van der Waals surface area (Å²) in [7, 11) is 0. The predicted molar refractivity (Wildman–Crippen MR) is 97.1 cm³/mol. The number of nitrogens with zero attached hydrogens (tertiary/aromatic N) is 3. The van der Waals surface area contributed by atoms with Crippen molar-refractivity contribution >= 4 is 0 Å². The van der Waals surface area contributed by atoms with Gasteiger partial charge in [-0.15, -0.1) is 0 Å². The Morgan fingerprint density at radius 1 is 1.26 bits per heavy atom. The summed E-state index contributed by atoms with van der Waals surface area (Å²) in [6.07, 6.45) is 9.17. The molecule has 1 fully saturated rings. The van der Waals surface area contributed by atoms with Gasteiger partial charge in [0.15, 0.2) is 0 Å². The molecule has 0 N–H and O–H groups in total. The van der Waals surface area contributed by atoms with Crippen molar-refractivity contribution in [2.24, 2.45) is 28.8 Å². The second-order valence-electron chi connectivity index (χ2n) is 7.34. The Hall–Kier alpha value is -1.73. The fourth-order valence-corrected chi connectivity index (χ4v) is 3.84. The van der Waals surface area contributed by atoms with Crippen LogP contribution in [0.1, 0.15) is 45.6 Å². The number of rotatable bonds is 6. The predicted octanol–water partition coefficient (Wildman–Crippen LogP) is 6.17. The van der Waals surface area contributed by atoms with Crippen molar-refractivity contribution in [1.82, 2.24) is 0 Å². The zero-order valence-corrected chi connectivity index (χ0v) is 14.6. The number of azide groups is 1. The normalized spacial score (nSPS) is 26.2. The summed E-state index contributed by atoms with van der Waals surface area (Å²) < 4.78 is 0. The van der Waals surface area contributed by atoms with E-state index in [0.717, 1.165) is 18.3 Å². The third kappa shape index (κ3) is 5.44. The summed E-state index contributed by atoms with van der Waals surface area (Å²) in [5.41, 5.74) is 10.1. The topological polar surface area (TPSA) is 48.8 Å². The van der Waals surface area contributed by atoms with E-state index in [1.807, 2.05) is 18.2 Å². The van der Waals surface area contributed by atoms with Crippen molar-refractivity contribution in [3.63, 3.8) is 0 Å². The molecule has 0 radical (unpaired) electrons. The van der Waals surface area contributed by atoms with Gasteiger partial charge in [-0.2, -0.15) is 0 Å². The maximum absolute atomic E-state index is 8.86. The molecular formula is C20H29N3. The van der Waals surface area contributed by atoms with Gasteiger partial charge in [-0.25, -0.2) is 0 Å². The Morgan fingerprint density at radius 2 is 2.00 bits per heavy atom. The molecule has 3 heteroatoms. The van der Waals surface area contributed by atoms with Crippen LogP contribution >= 0.6 is 0 Å². The number of benzene rings is 1. The largest absolute Gasteiger partial charge is 0.0862 e. The highest BCUT2D eigenvalue weighted by Crippen LogP contribution is 2.38. The highest BCUT2D eigenvalue weighted by Gasteiger charge is 2.28. The third-order valence-electron chi connectivity index (χ3n) is 5.14. The Balaban J connectivity index is 2.07. The van der Waals surface area contributed by atoms with Crippen LogP contribution in [-0.2, 0) is 6.42 Å². The molecule has 1 aliphatic rings. The molecule has 1 aromatic rings. The molecule has 0 spiro atoms. The Labute approximate surface area is 140 Å². The molecule has 0 aromatic heterocycles. The summed E-state index contributed by atoms with van der Waals surface area (Å²) in [4.78, 5) is 3.04. The standard InChI is InChI=1S/C20H29N3/c1-15(2)20-12-9-16(3)13-18(20)10-11-19(22-23-21)14-17-7-5-4-6-8-17/h4-8,10-11,15-16,18-20H,9,12-14H2,1-3H3/b11-10+/t16-,18-,19-,20+/m1/s1. The summed E-state index contributed by atoms with van der Waals surface area (Å²) in [6.45, 7) is 7.01. The molecule has 0 heterocycles. The van der Waals surface area contributed by atoms with E-state index in [0.29, 0.717) is 11.8 Å². The zero-order chi connectivity index (χ0) is 16.7. The maximum atomic E-state index is 8.86. The Bertz CT molecular complexity index is 543. The van der Waals surface area contributed by atoms with Crippen molar-refractivity contribution in [3.8, 4) is 0 Å². The van der Waals surface area contributed by atoms with E-state index in [9.17, 15) is 0 Å². The van der Waals surface area contributed by atoms with Crippen molar-refractivity contribution in [2.75, 3.05) is 0 Å². The van der Waals surface area contributed by atoms with Crippen LogP contribution < -0.4 is 0 Å². The van der Waals surface area contributed by atoms with Gasteiger partial charge in [0.05, 0.1) is 6.04 Å². The Morgan fingerprint density at radius 3 is 2.65 bits per heavy atom. The second-order valence-corrected chi connectivity index (χ2v) is 7.34. The molecule has 1 aliphatic carbocycles. The summed E-state index contributed by atoms with van der Waals surface area (Å²) in [5.74, 6) is 2.88. The maximum Gasteiger partial charge on any atom is 0.0595 e. The SMILES string of the molecule is CC(C)[C@@H]1CC[C@@H](C)C[C@H]1/C=C/[C@H](Cc1ccccc1)N=[N+]=[N-]. The Kier molecular flexibility index (Phi) is 6.73. The summed E-state index contributed by atoms with van der Waals surface area (Å²) in [6, 6.07) is 10.2. The average Bonchev–Trinajstić information content (AvgIpc) is 2.53.